The molecule has 2 aromatic rings. The summed E-state index contributed by atoms with van der Waals surface area (Å²) in [5, 5.41) is 3.92. The van der Waals surface area contributed by atoms with Gasteiger partial charge in [-0.25, -0.2) is 9.48 Å². The van der Waals surface area contributed by atoms with E-state index < -0.39 is 0 Å². The van der Waals surface area contributed by atoms with Crippen LogP contribution in [0.1, 0.15) is 24.8 Å². The van der Waals surface area contributed by atoms with Crippen LogP contribution in [0.2, 0.25) is 0 Å². The molecule has 0 radical (unpaired) electrons. The topological polar surface area (TPSA) is 63.4 Å². The maximum atomic E-state index is 12.4. The number of piperazine rings is 1. The number of alkyl halides is 1. The van der Waals surface area contributed by atoms with Gasteiger partial charge in [-0.05, 0) is 49.9 Å². The van der Waals surface area contributed by atoms with Crippen LogP contribution in [-0.4, -0.2) is 58.6 Å². The molecule has 0 amide bonds. The molecule has 29 heavy (non-hydrogen) atoms. The van der Waals surface area contributed by atoms with Gasteiger partial charge in [0.25, 0.3) is 5.56 Å². The molecule has 1 aromatic heterocycles. The second-order valence-corrected chi connectivity index (χ2v) is 7.55. The molecule has 0 saturated carbocycles. The Kier molecular flexibility index (Phi) is 7.57. The van der Waals surface area contributed by atoms with Crippen LogP contribution >= 0.6 is 0 Å². The summed E-state index contributed by atoms with van der Waals surface area (Å²) in [7, 11) is 1.47. The smallest absolute Gasteiger partial charge is 0.347 e. The zero-order chi connectivity index (χ0) is 20.6. The molecule has 0 atom stereocenters. The summed E-state index contributed by atoms with van der Waals surface area (Å²) in [5.74, 6) is 0. The van der Waals surface area contributed by atoms with Gasteiger partial charge >= 0.3 is 5.69 Å². The molecule has 158 valence electrons. The Morgan fingerprint density at radius 1 is 1.03 bits per heavy atom. The van der Waals surface area contributed by atoms with Crippen molar-refractivity contribution in [3.05, 3.63) is 56.9 Å². The maximum Gasteiger partial charge on any atom is 0.347 e. The Hall–Kier alpha value is -2.48. The van der Waals surface area contributed by atoms with E-state index in [1.165, 1.54) is 29.2 Å². The normalized spacial score (nSPS) is 15.0. The zero-order valence-corrected chi connectivity index (χ0v) is 17.1. The third kappa shape index (κ3) is 5.76. The average Bonchev–Trinajstić information content (AvgIpc) is 2.75. The van der Waals surface area contributed by atoms with Crippen molar-refractivity contribution in [2.45, 2.75) is 32.2 Å². The number of nitrogens with zero attached hydrogens (tertiary/aromatic N) is 5. The van der Waals surface area contributed by atoms with Crippen LogP contribution in [-0.2, 0) is 20.0 Å². The first-order valence-electron chi connectivity index (χ1n) is 10.3. The molecule has 0 unspecified atom stereocenters. The van der Waals surface area contributed by atoms with Crippen LogP contribution in [0.15, 0.2) is 40.1 Å². The lowest BCUT2D eigenvalue weighted by atomic mass is 10.1. The van der Waals surface area contributed by atoms with Crippen molar-refractivity contribution in [1.82, 2.24) is 19.2 Å². The van der Waals surface area contributed by atoms with E-state index in [1.54, 1.807) is 0 Å². The van der Waals surface area contributed by atoms with Crippen LogP contribution < -0.4 is 16.1 Å². The lowest BCUT2D eigenvalue weighted by Gasteiger charge is -2.36. The van der Waals surface area contributed by atoms with Crippen LogP contribution in [0.25, 0.3) is 0 Å². The van der Waals surface area contributed by atoms with Gasteiger partial charge in [0.05, 0.1) is 6.67 Å². The predicted molar refractivity (Wildman–Crippen MR) is 112 cm³/mol. The first-order chi connectivity index (χ1) is 14.1. The molecule has 3 rings (SSSR count). The van der Waals surface area contributed by atoms with Gasteiger partial charge < -0.3 is 4.90 Å². The van der Waals surface area contributed by atoms with Gasteiger partial charge in [-0.3, -0.25) is 18.7 Å². The van der Waals surface area contributed by atoms with Crippen LogP contribution in [0, 0.1) is 0 Å². The Morgan fingerprint density at radius 3 is 2.55 bits per heavy atom. The highest BCUT2D eigenvalue weighted by Crippen LogP contribution is 2.19. The SMILES string of the molecule is Cn1c(=O)cnn(CCCCN2CCN(c3cccc(CCC[18F])c3)CC2)c1=O. The Morgan fingerprint density at radius 2 is 1.79 bits per heavy atom. The molecule has 1 saturated heterocycles. The van der Waals surface area contributed by atoms with E-state index in [0.29, 0.717) is 13.0 Å². The minimum absolute atomic E-state index is 0.268. The van der Waals surface area contributed by atoms with E-state index in [2.05, 4.69) is 39.2 Å². The fourth-order valence-corrected chi connectivity index (χ4v) is 3.68. The highest BCUT2D eigenvalue weighted by molar-refractivity contribution is 5.49. The molecule has 0 N–H and O–H groups in total. The molecular weight excluding hydrogens is 372 g/mol. The molecule has 7 nitrogen and oxygen atoms in total. The van der Waals surface area contributed by atoms with Crippen molar-refractivity contribution in [1.29, 1.82) is 0 Å². The summed E-state index contributed by atoms with van der Waals surface area (Å²) in [6.45, 7) is 5.22. The lowest BCUT2D eigenvalue weighted by Crippen LogP contribution is -2.46. The molecular formula is C21H30FN5O2. The number of hydrogen-bond donors (Lipinski definition) is 0. The molecule has 1 aromatic carbocycles. The van der Waals surface area contributed by atoms with Gasteiger partial charge in [-0.2, -0.15) is 5.10 Å². The van der Waals surface area contributed by atoms with Gasteiger partial charge in [0, 0.05) is 45.5 Å². The van der Waals surface area contributed by atoms with Gasteiger partial charge in [0.15, 0.2) is 0 Å². The molecule has 1 aliphatic rings. The minimum atomic E-state index is -0.378. The molecule has 1 fully saturated rings. The van der Waals surface area contributed by atoms with E-state index in [9.17, 15) is 14.0 Å². The van der Waals surface area contributed by atoms with Gasteiger partial charge in [0.1, 0.15) is 6.20 Å². The molecule has 0 spiro atoms. The molecule has 8 heteroatoms. The van der Waals surface area contributed by atoms with E-state index in [4.69, 9.17) is 0 Å². The Labute approximate surface area is 170 Å². The summed E-state index contributed by atoms with van der Waals surface area (Å²) in [6.07, 6.45) is 4.39. The summed E-state index contributed by atoms with van der Waals surface area (Å²) in [5.41, 5.74) is 1.68. The number of halogens is 1. The van der Waals surface area contributed by atoms with Crippen molar-refractivity contribution in [2.75, 3.05) is 44.3 Å². The van der Waals surface area contributed by atoms with Crippen molar-refractivity contribution >= 4 is 5.69 Å². The number of unbranched alkanes of at least 4 members (excludes halogenated alkanes) is 1. The summed E-state index contributed by atoms with van der Waals surface area (Å²) in [4.78, 5) is 28.2. The minimum Gasteiger partial charge on any atom is -0.369 e. The monoisotopic (exact) mass is 402 g/mol. The number of hydrogen-bond acceptors (Lipinski definition) is 5. The van der Waals surface area contributed by atoms with E-state index in [1.807, 2.05) is 0 Å². The predicted octanol–water partition coefficient (Wildman–Crippen LogP) is 1.45. The summed E-state index contributed by atoms with van der Waals surface area (Å²) in [6, 6.07) is 8.45. The van der Waals surface area contributed by atoms with Crippen LogP contribution in [0.4, 0.5) is 10.1 Å². The first kappa shape index (κ1) is 21.2. The number of benzene rings is 1. The fraction of sp³-hybridized carbons (Fsp3) is 0.571. The highest BCUT2D eigenvalue weighted by atomic mass is 18.2. The van der Waals surface area contributed by atoms with Crippen molar-refractivity contribution in [3.8, 4) is 0 Å². The van der Waals surface area contributed by atoms with Crippen molar-refractivity contribution in [2.24, 2.45) is 7.05 Å². The maximum absolute atomic E-state index is 12.4. The highest BCUT2D eigenvalue weighted by Gasteiger charge is 2.17. The van der Waals surface area contributed by atoms with Crippen molar-refractivity contribution in [3.63, 3.8) is 0 Å². The van der Waals surface area contributed by atoms with Crippen molar-refractivity contribution < 1.29 is 4.39 Å². The molecule has 0 aliphatic carbocycles. The molecule has 2 heterocycles. The van der Waals surface area contributed by atoms with Gasteiger partial charge in [0.2, 0.25) is 0 Å². The first-order valence-corrected chi connectivity index (χ1v) is 10.3. The van der Waals surface area contributed by atoms with Crippen LogP contribution in [0.5, 0.6) is 0 Å². The third-order valence-electron chi connectivity index (χ3n) is 5.49. The lowest BCUT2D eigenvalue weighted by molar-refractivity contribution is 0.250. The fourth-order valence-electron chi connectivity index (χ4n) is 3.68. The number of aryl methyl sites for hydroxylation is 2. The molecule has 1 aliphatic heterocycles. The second kappa shape index (κ2) is 10.3. The largest absolute Gasteiger partial charge is 0.369 e. The van der Waals surface area contributed by atoms with E-state index >= 15 is 0 Å². The van der Waals surface area contributed by atoms with E-state index in [0.717, 1.165) is 56.6 Å². The summed E-state index contributed by atoms with van der Waals surface area (Å²) >= 11 is 0. The number of anilines is 1. The average molecular weight is 403 g/mol. The molecule has 0 bridgehead atoms. The summed E-state index contributed by atoms with van der Waals surface area (Å²) < 4.78 is 14.8. The van der Waals surface area contributed by atoms with E-state index in [-0.39, 0.29) is 17.9 Å². The quantitative estimate of drug-likeness (QED) is 0.594. The standard InChI is InChI=1S/C21H30FN5O2/c1-24-20(28)17-23-27(21(24)29)11-3-2-10-25-12-14-26(15-13-25)19-8-4-6-18(16-19)7-5-9-22/h4,6,8,16-17H,2-3,5,7,9-15H2,1H3/i22-1. The van der Waals surface area contributed by atoms with Gasteiger partial charge in [-0.1, -0.05) is 12.1 Å². The number of rotatable bonds is 9. The number of aromatic nitrogens is 3. The van der Waals surface area contributed by atoms with Crippen LogP contribution in [0.3, 0.4) is 0 Å². The Bertz CT molecular complexity index is 902. The second-order valence-electron chi connectivity index (χ2n) is 7.55. The Balaban J connectivity index is 1.41. The zero-order valence-electron chi connectivity index (χ0n) is 17.1. The van der Waals surface area contributed by atoms with Gasteiger partial charge in [-0.15, -0.1) is 0 Å². The third-order valence-corrected chi connectivity index (χ3v) is 5.49.